The molecular weight excluding hydrogens is 348 g/mol. The Morgan fingerprint density at radius 2 is 2.05 bits per heavy atom. The maximum atomic E-state index is 12.5. The fourth-order valence-corrected chi connectivity index (χ4v) is 4.01. The summed E-state index contributed by atoms with van der Waals surface area (Å²) in [7, 11) is 0. The molecule has 0 bridgehead atoms. The first-order valence-electron chi connectivity index (χ1n) is 7.26. The molecule has 0 saturated carbocycles. The zero-order valence-corrected chi connectivity index (χ0v) is 15.0. The normalized spacial score (nSPS) is 12.8. The van der Waals surface area contributed by atoms with Crippen molar-refractivity contribution in [3.05, 3.63) is 27.5 Å². The molecule has 1 aromatic carbocycles. The van der Waals surface area contributed by atoms with E-state index in [4.69, 9.17) is 5.73 Å². The molecule has 0 aliphatic rings. The minimum atomic E-state index is -0.0655. The molecule has 5 heteroatoms. The number of anilines is 1. The molecule has 1 amide bonds. The fraction of sp³-hybridized carbons (Fsp3) is 0.438. The van der Waals surface area contributed by atoms with E-state index in [0.717, 1.165) is 27.4 Å². The number of thiophene rings is 1. The minimum absolute atomic E-state index is 0.0655. The van der Waals surface area contributed by atoms with Gasteiger partial charge in [-0.15, -0.1) is 11.3 Å². The number of benzene rings is 1. The molecule has 0 radical (unpaired) electrons. The van der Waals surface area contributed by atoms with Crippen LogP contribution in [0.3, 0.4) is 0 Å². The van der Waals surface area contributed by atoms with Gasteiger partial charge in [-0.25, -0.2) is 0 Å². The van der Waals surface area contributed by atoms with Gasteiger partial charge in [-0.05, 0) is 31.0 Å². The summed E-state index contributed by atoms with van der Waals surface area (Å²) in [6.45, 7) is 6.37. The number of carbonyl (C=O) groups excluding carboxylic acids is 1. The van der Waals surface area contributed by atoms with Crippen LogP contribution >= 0.6 is 27.3 Å². The van der Waals surface area contributed by atoms with Crippen molar-refractivity contribution in [3.63, 3.8) is 0 Å². The molecule has 0 aliphatic carbocycles. The third-order valence-corrected chi connectivity index (χ3v) is 5.69. The van der Waals surface area contributed by atoms with Gasteiger partial charge in [0.2, 0.25) is 0 Å². The van der Waals surface area contributed by atoms with E-state index in [0.29, 0.717) is 16.5 Å². The van der Waals surface area contributed by atoms with E-state index in [1.807, 2.05) is 18.2 Å². The molecule has 0 saturated heterocycles. The van der Waals surface area contributed by atoms with Crippen molar-refractivity contribution in [2.45, 2.75) is 39.7 Å². The first kappa shape index (κ1) is 16.3. The molecule has 0 aliphatic heterocycles. The summed E-state index contributed by atoms with van der Waals surface area (Å²) in [6, 6.07) is 6.07. The SMILES string of the molecule is CCC(CC)C(C)NC(=O)c1sc2ccc(Br)cc2c1N. The van der Waals surface area contributed by atoms with Gasteiger partial charge < -0.3 is 11.1 Å². The summed E-state index contributed by atoms with van der Waals surface area (Å²) in [5.74, 6) is 0.433. The quantitative estimate of drug-likeness (QED) is 0.795. The number of rotatable bonds is 5. The van der Waals surface area contributed by atoms with E-state index < -0.39 is 0 Å². The third-order valence-electron chi connectivity index (χ3n) is 4.01. The van der Waals surface area contributed by atoms with Crippen molar-refractivity contribution in [1.29, 1.82) is 0 Å². The van der Waals surface area contributed by atoms with Crippen LogP contribution in [-0.4, -0.2) is 11.9 Å². The van der Waals surface area contributed by atoms with Crippen molar-refractivity contribution >= 4 is 48.9 Å². The molecule has 1 aromatic heterocycles. The van der Waals surface area contributed by atoms with Crippen molar-refractivity contribution < 1.29 is 4.79 Å². The standard InChI is InChI=1S/C16H21BrN2OS/c1-4-10(5-2)9(3)19-16(20)15-14(18)12-8-11(17)6-7-13(12)21-15/h6-10H,4-5,18H2,1-3H3,(H,19,20). The average molecular weight is 369 g/mol. The van der Waals surface area contributed by atoms with E-state index in [1.165, 1.54) is 11.3 Å². The maximum absolute atomic E-state index is 12.5. The van der Waals surface area contributed by atoms with E-state index in [1.54, 1.807) is 0 Å². The van der Waals surface area contributed by atoms with Crippen molar-refractivity contribution in [1.82, 2.24) is 5.32 Å². The Bertz CT molecular complexity index is 649. The van der Waals surface area contributed by atoms with Crippen LogP contribution in [0, 0.1) is 5.92 Å². The van der Waals surface area contributed by atoms with Crippen LogP contribution < -0.4 is 11.1 Å². The first-order valence-corrected chi connectivity index (χ1v) is 8.87. The highest BCUT2D eigenvalue weighted by molar-refractivity contribution is 9.10. The van der Waals surface area contributed by atoms with Gasteiger partial charge >= 0.3 is 0 Å². The Morgan fingerprint density at radius 1 is 1.38 bits per heavy atom. The Labute approximate surface area is 138 Å². The zero-order chi connectivity index (χ0) is 15.6. The molecule has 0 fully saturated rings. The highest BCUT2D eigenvalue weighted by Gasteiger charge is 2.21. The van der Waals surface area contributed by atoms with Gasteiger partial charge in [0.15, 0.2) is 0 Å². The second-order valence-electron chi connectivity index (χ2n) is 5.32. The molecular formula is C16H21BrN2OS. The molecule has 2 aromatic rings. The summed E-state index contributed by atoms with van der Waals surface area (Å²) in [6.07, 6.45) is 2.12. The lowest BCUT2D eigenvalue weighted by atomic mass is 9.95. The smallest absolute Gasteiger partial charge is 0.263 e. The van der Waals surface area contributed by atoms with Gasteiger partial charge in [0, 0.05) is 20.6 Å². The van der Waals surface area contributed by atoms with E-state index in [9.17, 15) is 4.79 Å². The summed E-state index contributed by atoms with van der Waals surface area (Å²) >= 11 is 4.89. The molecule has 3 N–H and O–H groups in total. The number of nitrogens with one attached hydrogen (secondary N) is 1. The van der Waals surface area contributed by atoms with Gasteiger partial charge in [0.25, 0.3) is 5.91 Å². The lowest BCUT2D eigenvalue weighted by molar-refractivity contribution is 0.0930. The van der Waals surface area contributed by atoms with Gasteiger partial charge in [-0.2, -0.15) is 0 Å². The molecule has 1 atom stereocenters. The van der Waals surface area contributed by atoms with Gasteiger partial charge in [0.05, 0.1) is 5.69 Å². The number of amides is 1. The van der Waals surface area contributed by atoms with Crippen molar-refractivity contribution in [3.8, 4) is 0 Å². The number of halogens is 1. The molecule has 1 heterocycles. The van der Waals surface area contributed by atoms with E-state index in [-0.39, 0.29) is 11.9 Å². The number of hydrogen-bond donors (Lipinski definition) is 2. The minimum Gasteiger partial charge on any atom is -0.397 e. The lowest BCUT2D eigenvalue weighted by Crippen LogP contribution is -2.37. The average Bonchev–Trinajstić information content (AvgIpc) is 2.77. The summed E-state index contributed by atoms with van der Waals surface area (Å²) < 4.78 is 2.01. The number of carbonyl (C=O) groups is 1. The van der Waals surface area contributed by atoms with Crippen LogP contribution in [0.1, 0.15) is 43.3 Å². The van der Waals surface area contributed by atoms with E-state index >= 15 is 0 Å². The highest BCUT2D eigenvalue weighted by Crippen LogP contribution is 2.35. The van der Waals surface area contributed by atoms with Crippen LogP contribution in [0.4, 0.5) is 5.69 Å². The van der Waals surface area contributed by atoms with Gasteiger partial charge in [-0.3, -0.25) is 4.79 Å². The summed E-state index contributed by atoms with van der Waals surface area (Å²) in [5.41, 5.74) is 6.73. The molecule has 2 rings (SSSR count). The fourth-order valence-electron chi connectivity index (χ4n) is 2.64. The van der Waals surface area contributed by atoms with Gasteiger partial charge in [0.1, 0.15) is 4.88 Å². The second kappa shape index (κ2) is 6.79. The molecule has 0 spiro atoms. The predicted molar refractivity (Wildman–Crippen MR) is 94.9 cm³/mol. The number of nitrogens with two attached hydrogens (primary N) is 1. The van der Waals surface area contributed by atoms with E-state index in [2.05, 4.69) is 42.0 Å². The highest BCUT2D eigenvalue weighted by atomic mass is 79.9. The molecule has 114 valence electrons. The van der Waals surface area contributed by atoms with Crippen LogP contribution in [0.5, 0.6) is 0 Å². The summed E-state index contributed by atoms with van der Waals surface area (Å²) in [4.78, 5) is 13.1. The van der Waals surface area contributed by atoms with Crippen LogP contribution in [0.2, 0.25) is 0 Å². The summed E-state index contributed by atoms with van der Waals surface area (Å²) in [5, 5.41) is 4.03. The van der Waals surface area contributed by atoms with Crippen LogP contribution in [-0.2, 0) is 0 Å². The first-order chi connectivity index (χ1) is 9.97. The topological polar surface area (TPSA) is 55.1 Å². The van der Waals surface area contributed by atoms with Gasteiger partial charge in [-0.1, -0.05) is 42.6 Å². The number of hydrogen-bond acceptors (Lipinski definition) is 3. The predicted octanol–water partition coefficient (Wildman–Crippen LogP) is 4.80. The third kappa shape index (κ3) is 3.40. The zero-order valence-electron chi connectivity index (χ0n) is 12.6. The molecule has 21 heavy (non-hydrogen) atoms. The molecule has 1 unspecified atom stereocenters. The Hall–Kier alpha value is -1.07. The van der Waals surface area contributed by atoms with Crippen LogP contribution in [0.15, 0.2) is 22.7 Å². The Balaban J connectivity index is 2.25. The Kier molecular flexibility index (Phi) is 5.27. The van der Waals surface area contributed by atoms with Crippen molar-refractivity contribution in [2.75, 3.05) is 5.73 Å². The van der Waals surface area contributed by atoms with Crippen molar-refractivity contribution in [2.24, 2.45) is 5.92 Å². The second-order valence-corrected chi connectivity index (χ2v) is 7.29. The Morgan fingerprint density at radius 3 is 2.67 bits per heavy atom. The number of nitrogen functional groups attached to an aromatic ring is 1. The molecule has 3 nitrogen and oxygen atoms in total. The largest absolute Gasteiger partial charge is 0.397 e. The van der Waals surface area contributed by atoms with Crippen LogP contribution in [0.25, 0.3) is 10.1 Å². The monoisotopic (exact) mass is 368 g/mol. The maximum Gasteiger partial charge on any atom is 0.263 e. The number of fused-ring (bicyclic) bond motifs is 1. The lowest BCUT2D eigenvalue weighted by Gasteiger charge is -2.22.